The van der Waals surface area contributed by atoms with Crippen LogP contribution in [0.2, 0.25) is 0 Å². The summed E-state index contributed by atoms with van der Waals surface area (Å²) >= 11 is 0. The monoisotopic (exact) mass is 156 g/mol. The second kappa shape index (κ2) is 16.6. The van der Waals surface area contributed by atoms with Crippen LogP contribution in [0.4, 0.5) is 0 Å². The number of aliphatic hydroxyl groups excluding tert-OH is 1. The van der Waals surface area contributed by atoms with Gasteiger partial charge in [-0.05, 0) is 0 Å². The molecule has 0 rings (SSSR count). The summed E-state index contributed by atoms with van der Waals surface area (Å²) in [5, 5.41) is 14.4. The van der Waals surface area contributed by atoms with Crippen LogP contribution in [-0.2, 0) is 24.3 Å². The predicted octanol–water partition coefficient (Wildman–Crippen LogP) is -0.303. The van der Waals surface area contributed by atoms with E-state index in [0.29, 0.717) is 0 Å². The van der Waals surface area contributed by atoms with E-state index in [0.717, 1.165) is 14.0 Å². The van der Waals surface area contributed by atoms with Crippen LogP contribution in [0.25, 0.3) is 0 Å². The molecule has 0 aliphatic carbocycles. The van der Waals surface area contributed by atoms with Crippen molar-refractivity contribution in [2.24, 2.45) is 0 Å². The van der Waals surface area contributed by atoms with E-state index in [9.17, 15) is 0 Å². The summed E-state index contributed by atoms with van der Waals surface area (Å²) in [7, 11) is 1.00. The average Bonchev–Trinajstić information content (AvgIpc) is 1.41. The van der Waals surface area contributed by atoms with Crippen LogP contribution in [0.3, 0.4) is 0 Å². The first-order valence-corrected chi connectivity index (χ1v) is 1.37. The molecule has 0 bridgehead atoms. The molecule has 2 N–H and O–H groups in total. The van der Waals surface area contributed by atoms with Gasteiger partial charge in [0.2, 0.25) is 0 Å². The number of rotatable bonds is 0. The molecule has 0 atom stereocenters. The maximum Gasteiger partial charge on any atom is 0.300 e. The molecule has 0 fully saturated rings. The molecule has 3 nitrogen and oxygen atoms in total. The molecule has 0 aromatic rings. The van der Waals surface area contributed by atoms with Gasteiger partial charge in [-0.1, -0.05) is 0 Å². The fraction of sp³-hybridized carbons (Fsp3) is 0.667. The summed E-state index contributed by atoms with van der Waals surface area (Å²) in [5.41, 5.74) is 0. The predicted molar refractivity (Wildman–Crippen MR) is 21.5 cm³/mol. The van der Waals surface area contributed by atoms with Crippen molar-refractivity contribution in [3.8, 4) is 0 Å². The van der Waals surface area contributed by atoms with Crippen molar-refractivity contribution in [2.75, 3.05) is 7.11 Å². The SMILES string of the molecule is CC(=O)O.CO.[Zn]. The van der Waals surface area contributed by atoms with Crippen LogP contribution in [0, 0.1) is 0 Å². The summed E-state index contributed by atoms with van der Waals surface area (Å²) < 4.78 is 0. The Morgan fingerprint density at radius 1 is 1.43 bits per heavy atom. The fourth-order valence-corrected chi connectivity index (χ4v) is 0. The van der Waals surface area contributed by atoms with E-state index in [4.69, 9.17) is 15.0 Å². The quantitative estimate of drug-likeness (QED) is 0.475. The minimum atomic E-state index is -0.833. The van der Waals surface area contributed by atoms with Gasteiger partial charge >= 0.3 is 0 Å². The Bertz CT molecular complexity index is 33.2. The van der Waals surface area contributed by atoms with E-state index in [-0.39, 0.29) is 19.5 Å². The number of carbonyl (C=O) groups is 1. The Balaban J connectivity index is -0.0000000480. The van der Waals surface area contributed by atoms with Crippen LogP contribution in [-0.4, -0.2) is 23.3 Å². The molecule has 0 aliphatic heterocycles. The first kappa shape index (κ1) is 15.7. The Hall–Kier alpha value is 0.0534. The van der Waals surface area contributed by atoms with Gasteiger partial charge in [-0.25, -0.2) is 0 Å². The van der Waals surface area contributed by atoms with Gasteiger partial charge in [-0.3, -0.25) is 4.79 Å². The van der Waals surface area contributed by atoms with E-state index in [1.165, 1.54) is 0 Å². The van der Waals surface area contributed by atoms with Crippen molar-refractivity contribution < 1.29 is 34.5 Å². The van der Waals surface area contributed by atoms with E-state index in [1.54, 1.807) is 0 Å². The van der Waals surface area contributed by atoms with Gasteiger partial charge in [0.1, 0.15) is 0 Å². The molecular weight excluding hydrogens is 149 g/mol. The third-order valence-electron chi connectivity index (χ3n) is 0. The van der Waals surface area contributed by atoms with Crippen LogP contribution < -0.4 is 0 Å². The number of hydrogen-bond acceptors (Lipinski definition) is 2. The number of aliphatic hydroxyl groups is 1. The normalized spacial score (nSPS) is 4.43. The van der Waals surface area contributed by atoms with Crippen molar-refractivity contribution in [1.29, 1.82) is 0 Å². The maximum absolute atomic E-state index is 9.00. The molecule has 0 heterocycles. The molecule has 0 unspecified atom stereocenters. The Morgan fingerprint density at radius 2 is 1.43 bits per heavy atom. The summed E-state index contributed by atoms with van der Waals surface area (Å²) in [6.07, 6.45) is 0. The molecular formula is C3H8O3Zn. The molecule has 0 aromatic heterocycles. The maximum atomic E-state index is 9.00. The standard InChI is InChI=1S/C2H4O2.CH4O.Zn/c1-2(3)4;1-2;/h1H3,(H,3,4);2H,1H3;. The fourth-order valence-electron chi connectivity index (χ4n) is 0. The minimum absolute atomic E-state index is 0. The summed E-state index contributed by atoms with van der Waals surface area (Å²) in [6.45, 7) is 1.08. The zero-order valence-electron chi connectivity index (χ0n) is 4.51. The van der Waals surface area contributed by atoms with Crippen molar-refractivity contribution in [3.05, 3.63) is 0 Å². The number of carboxylic acids is 1. The van der Waals surface area contributed by atoms with Crippen molar-refractivity contribution in [1.82, 2.24) is 0 Å². The van der Waals surface area contributed by atoms with Crippen LogP contribution in [0.5, 0.6) is 0 Å². The van der Waals surface area contributed by atoms with Crippen LogP contribution >= 0.6 is 0 Å². The molecule has 0 radical (unpaired) electrons. The van der Waals surface area contributed by atoms with E-state index >= 15 is 0 Å². The van der Waals surface area contributed by atoms with Crippen molar-refractivity contribution in [3.63, 3.8) is 0 Å². The van der Waals surface area contributed by atoms with Crippen molar-refractivity contribution >= 4 is 5.97 Å². The van der Waals surface area contributed by atoms with Gasteiger partial charge in [0, 0.05) is 33.5 Å². The topological polar surface area (TPSA) is 57.5 Å². The molecule has 0 saturated heterocycles. The van der Waals surface area contributed by atoms with Gasteiger partial charge in [0.05, 0.1) is 0 Å². The van der Waals surface area contributed by atoms with Crippen LogP contribution in [0.15, 0.2) is 0 Å². The number of hydrogen-bond donors (Lipinski definition) is 2. The summed E-state index contributed by atoms with van der Waals surface area (Å²) in [4.78, 5) is 9.00. The second-order valence-corrected chi connectivity index (χ2v) is 0.519. The summed E-state index contributed by atoms with van der Waals surface area (Å²) in [5.74, 6) is -0.833. The smallest absolute Gasteiger partial charge is 0.300 e. The molecule has 0 aromatic carbocycles. The molecule has 0 saturated carbocycles. The minimum Gasteiger partial charge on any atom is -0.481 e. The second-order valence-electron chi connectivity index (χ2n) is 0.519. The Labute approximate surface area is 55.1 Å². The Morgan fingerprint density at radius 3 is 1.43 bits per heavy atom. The largest absolute Gasteiger partial charge is 0.481 e. The molecule has 40 valence electrons. The van der Waals surface area contributed by atoms with E-state index in [2.05, 4.69) is 0 Å². The molecule has 0 spiro atoms. The zero-order chi connectivity index (χ0) is 5.58. The van der Waals surface area contributed by atoms with Crippen molar-refractivity contribution in [2.45, 2.75) is 6.92 Å². The van der Waals surface area contributed by atoms with E-state index in [1.807, 2.05) is 0 Å². The molecule has 0 aliphatic rings. The van der Waals surface area contributed by atoms with Gasteiger partial charge < -0.3 is 10.2 Å². The van der Waals surface area contributed by atoms with Crippen LogP contribution in [0.1, 0.15) is 6.92 Å². The molecule has 4 heteroatoms. The molecule has 7 heavy (non-hydrogen) atoms. The zero-order valence-corrected chi connectivity index (χ0v) is 7.48. The van der Waals surface area contributed by atoms with Gasteiger partial charge in [0.15, 0.2) is 0 Å². The molecule has 0 amide bonds. The number of aliphatic carboxylic acids is 1. The first-order valence-electron chi connectivity index (χ1n) is 1.37. The van der Waals surface area contributed by atoms with E-state index < -0.39 is 5.97 Å². The third-order valence-corrected chi connectivity index (χ3v) is 0. The van der Waals surface area contributed by atoms with Gasteiger partial charge in [0.25, 0.3) is 5.97 Å². The summed E-state index contributed by atoms with van der Waals surface area (Å²) in [6, 6.07) is 0. The number of carboxylic acid groups (broad SMARTS) is 1. The average molecular weight is 157 g/mol. The first-order chi connectivity index (χ1) is 2.73. The van der Waals surface area contributed by atoms with Gasteiger partial charge in [-0.2, -0.15) is 0 Å². The third kappa shape index (κ3) is 34900. The Kier molecular flexibility index (Phi) is 37.3. The van der Waals surface area contributed by atoms with Gasteiger partial charge in [-0.15, -0.1) is 0 Å².